The molecule has 0 aliphatic heterocycles. The highest BCUT2D eigenvalue weighted by Gasteiger charge is 2.20. The van der Waals surface area contributed by atoms with Gasteiger partial charge in [-0.05, 0) is 24.3 Å². The first-order valence-electron chi connectivity index (χ1n) is 9.37. The third-order valence-corrected chi connectivity index (χ3v) is 4.92. The van der Waals surface area contributed by atoms with Gasteiger partial charge in [-0.15, -0.1) is 0 Å². The van der Waals surface area contributed by atoms with Crippen LogP contribution in [-0.4, -0.2) is 28.1 Å². The molecule has 3 aromatic carbocycles. The van der Waals surface area contributed by atoms with E-state index in [4.69, 9.17) is 0 Å². The predicted molar refractivity (Wildman–Crippen MR) is 124 cm³/mol. The SMILES string of the molecule is O=C(CNc1ccc(Br)cc1C(=O)c1ccccc1)NNc1ccc([N+](=O)[O-])cc1[N+](=O)[O-]. The summed E-state index contributed by atoms with van der Waals surface area (Å²) in [5.41, 5.74) is 4.78. The van der Waals surface area contributed by atoms with Crippen molar-refractivity contribution in [2.75, 3.05) is 17.3 Å². The van der Waals surface area contributed by atoms with Crippen LogP contribution >= 0.6 is 15.9 Å². The Morgan fingerprint density at radius 1 is 0.879 bits per heavy atom. The summed E-state index contributed by atoms with van der Waals surface area (Å²) in [5, 5.41) is 24.9. The van der Waals surface area contributed by atoms with Gasteiger partial charge in [-0.25, -0.2) is 0 Å². The standard InChI is InChI=1S/C21H16BrN5O6/c22-14-6-8-17(16(10-14)21(29)13-4-2-1-3-5-13)23-12-20(28)25-24-18-9-7-15(26(30)31)11-19(18)27(32)33/h1-11,23-24H,12H2,(H,25,28). The number of hydrazine groups is 1. The van der Waals surface area contributed by atoms with Gasteiger partial charge >= 0.3 is 5.69 Å². The van der Waals surface area contributed by atoms with Crippen LogP contribution in [0.2, 0.25) is 0 Å². The van der Waals surface area contributed by atoms with E-state index >= 15 is 0 Å². The summed E-state index contributed by atoms with van der Waals surface area (Å²) in [6.45, 7) is -0.259. The number of carbonyl (C=O) groups is 2. The average molecular weight is 514 g/mol. The first-order valence-corrected chi connectivity index (χ1v) is 10.2. The molecule has 0 aliphatic carbocycles. The minimum absolute atomic E-state index is 0.123. The van der Waals surface area contributed by atoms with Crippen LogP contribution in [-0.2, 0) is 4.79 Å². The van der Waals surface area contributed by atoms with E-state index in [1.807, 2.05) is 0 Å². The topological polar surface area (TPSA) is 157 Å². The van der Waals surface area contributed by atoms with Gasteiger partial charge in [0, 0.05) is 27.4 Å². The lowest BCUT2D eigenvalue weighted by atomic mass is 10.0. The number of ketones is 1. The van der Waals surface area contributed by atoms with E-state index in [1.165, 1.54) is 0 Å². The van der Waals surface area contributed by atoms with Gasteiger partial charge in [-0.2, -0.15) is 0 Å². The van der Waals surface area contributed by atoms with E-state index in [2.05, 4.69) is 32.1 Å². The maximum Gasteiger partial charge on any atom is 0.300 e. The Bertz CT molecular complexity index is 1240. The van der Waals surface area contributed by atoms with Crippen molar-refractivity contribution < 1.29 is 19.4 Å². The fourth-order valence-corrected chi connectivity index (χ4v) is 3.21. The van der Waals surface area contributed by atoms with Crippen LogP contribution in [0.15, 0.2) is 71.2 Å². The highest BCUT2D eigenvalue weighted by molar-refractivity contribution is 9.10. The van der Waals surface area contributed by atoms with Crippen LogP contribution in [0.1, 0.15) is 15.9 Å². The Hall–Kier alpha value is -4.32. The number of amides is 1. The van der Waals surface area contributed by atoms with Crippen molar-refractivity contribution in [3.8, 4) is 0 Å². The van der Waals surface area contributed by atoms with Crippen molar-refractivity contribution in [3.05, 3.63) is 103 Å². The normalized spacial score (nSPS) is 10.2. The van der Waals surface area contributed by atoms with Crippen molar-refractivity contribution in [2.45, 2.75) is 0 Å². The zero-order valence-electron chi connectivity index (χ0n) is 16.8. The summed E-state index contributed by atoms with van der Waals surface area (Å²) < 4.78 is 0.684. The molecule has 0 aromatic heterocycles. The monoisotopic (exact) mass is 513 g/mol. The van der Waals surface area contributed by atoms with Crippen LogP contribution in [0.25, 0.3) is 0 Å². The van der Waals surface area contributed by atoms with Gasteiger partial charge in [0.05, 0.1) is 22.5 Å². The van der Waals surface area contributed by atoms with Crippen LogP contribution < -0.4 is 16.2 Å². The molecular weight excluding hydrogens is 498 g/mol. The molecule has 0 saturated carbocycles. The van der Waals surface area contributed by atoms with E-state index in [0.717, 1.165) is 18.2 Å². The number of non-ortho nitro benzene ring substituents is 1. The van der Waals surface area contributed by atoms with Crippen molar-refractivity contribution in [1.82, 2.24) is 5.43 Å². The Labute approximate surface area is 195 Å². The maximum absolute atomic E-state index is 12.9. The summed E-state index contributed by atoms with van der Waals surface area (Å²) >= 11 is 3.33. The Morgan fingerprint density at radius 3 is 2.24 bits per heavy atom. The number of hydrogen-bond donors (Lipinski definition) is 3. The average Bonchev–Trinajstić information content (AvgIpc) is 2.81. The Morgan fingerprint density at radius 2 is 1.58 bits per heavy atom. The molecule has 0 saturated heterocycles. The Kier molecular flexibility index (Phi) is 7.31. The van der Waals surface area contributed by atoms with Gasteiger partial charge < -0.3 is 5.32 Å². The molecule has 3 rings (SSSR count). The maximum atomic E-state index is 12.9. The van der Waals surface area contributed by atoms with Crippen LogP contribution in [0.4, 0.5) is 22.7 Å². The molecule has 12 heteroatoms. The summed E-state index contributed by atoms with van der Waals surface area (Å²) in [7, 11) is 0. The molecule has 3 aromatic rings. The number of carbonyl (C=O) groups excluding carboxylic acids is 2. The number of rotatable bonds is 9. The van der Waals surface area contributed by atoms with E-state index in [0.29, 0.717) is 21.3 Å². The number of anilines is 2. The number of hydrogen-bond acceptors (Lipinski definition) is 8. The molecule has 33 heavy (non-hydrogen) atoms. The predicted octanol–water partition coefficient (Wildman–Crippen LogP) is 4.05. The van der Waals surface area contributed by atoms with Crippen molar-refractivity contribution >= 4 is 50.4 Å². The molecule has 0 radical (unpaired) electrons. The quantitative estimate of drug-likeness (QED) is 0.219. The van der Waals surface area contributed by atoms with Crippen molar-refractivity contribution in [3.63, 3.8) is 0 Å². The van der Waals surface area contributed by atoms with Gasteiger partial charge in [0.25, 0.3) is 11.6 Å². The van der Waals surface area contributed by atoms with E-state index in [1.54, 1.807) is 48.5 Å². The number of nitro groups is 2. The first kappa shape index (κ1) is 23.3. The minimum Gasteiger partial charge on any atom is -0.376 e. The molecule has 11 nitrogen and oxygen atoms in total. The van der Waals surface area contributed by atoms with Crippen molar-refractivity contribution in [2.24, 2.45) is 0 Å². The van der Waals surface area contributed by atoms with Gasteiger partial charge in [-0.1, -0.05) is 46.3 Å². The number of nitrogens with zero attached hydrogens (tertiary/aromatic N) is 2. The third kappa shape index (κ3) is 5.89. The molecule has 0 spiro atoms. The first-order chi connectivity index (χ1) is 15.8. The number of nitro benzene ring substituents is 2. The van der Waals surface area contributed by atoms with Crippen LogP contribution in [0.5, 0.6) is 0 Å². The van der Waals surface area contributed by atoms with Gasteiger partial charge in [0.2, 0.25) is 0 Å². The van der Waals surface area contributed by atoms with Gasteiger partial charge in [0.1, 0.15) is 5.69 Å². The largest absolute Gasteiger partial charge is 0.376 e. The summed E-state index contributed by atoms with van der Waals surface area (Å²) in [4.78, 5) is 45.6. The molecule has 1 amide bonds. The molecule has 0 fully saturated rings. The van der Waals surface area contributed by atoms with E-state index in [-0.39, 0.29) is 18.0 Å². The lowest BCUT2D eigenvalue weighted by Gasteiger charge is -2.13. The van der Waals surface area contributed by atoms with E-state index in [9.17, 15) is 29.8 Å². The summed E-state index contributed by atoms with van der Waals surface area (Å²) in [6.07, 6.45) is 0. The summed E-state index contributed by atoms with van der Waals surface area (Å²) in [5.74, 6) is -0.830. The fourth-order valence-electron chi connectivity index (χ4n) is 2.85. The van der Waals surface area contributed by atoms with Crippen molar-refractivity contribution in [1.29, 1.82) is 0 Å². The molecule has 0 bridgehead atoms. The van der Waals surface area contributed by atoms with Crippen LogP contribution in [0.3, 0.4) is 0 Å². The van der Waals surface area contributed by atoms with E-state index < -0.39 is 27.1 Å². The third-order valence-electron chi connectivity index (χ3n) is 4.43. The highest BCUT2D eigenvalue weighted by atomic mass is 79.9. The lowest BCUT2D eigenvalue weighted by molar-refractivity contribution is -0.393. The molecular formula is C21H16BrN5O6. The number of nitrogens with one attached hydrogen (secondary N) is 3. The molecule has 0 atom stereocenters. The second kappa shape index (κ2) is 10.3. The molecule has 0 aliphatic rings. The highest BCUT2D eigenvalue weighted by Crippen LogP contribution is 2.28. The lowest BCUT2D eigenvalue weighted by Crippen LogP contribution is -2.34. The zero-order valence-corrected chi connectivity index (χ0v) is 18.4. The molecule has 168 valence electrons. The van der Waals surface area contributed by atoms with Gasteiger partial charge in [0.15, 0.2) is 5.78 Å². The second-order valence-electron chi connectivity index (χ2n) is 6.63. The minimum atomic E-state index is -0.803. The zero-order chi connectivity index (χ0) is 24.0. The molecule has 3 N–H and O–H groups in total. The molecule has 0 unspecified atom stereocenters. The summed E-state index contributed by atoms with van der Waals surface area (Å²) in [6, 6.07) is 16.6. The smallest absolute Gasteiger partial charge is 0.300 e. The Balaban J connectivity index is 1.68. The van der Waals surface area contributed by atoms with Gasteiger partial charge in [-0.3, -0.25) is 40.7 Å². The fraction of sp³-hybridized carbons (Fsp3) is 0.0476. The molecule has 0 heterocycles. The van der Waals surface area contributed by atoms with Crippen LogP contribution in [0, 0.1) is 20.2 Å². The number of halogens is 1. The second-order valence-corrected chi connectivity index (χ2v) is 7.54. The number of benzene rings is 3.